The van der Waals surface area contributed by atoms with Gasteiger partial charge in [-0.05, 0) is 12.8 Å². The first-order valence-corrected chi connectivity index (χ1v) is 6.30. The normalized spacial score (nSPS) is 25.7. The zero-order chi connectivity index (χ0) is 11.7. The number of amides is 2. The Morgan fingerprint density at radius 2 is 2.19 bits per heavy atom. The molecule has 0 bridgehead atoms. The maximum absolute atomic E-state index is 12.2. The van der Waals surface area contributed by atoms with Crippen molar-refractivity contribution in [2.45, 2.75) is 25.3 Å². The van der Waals surface area contributed by atoms with Crippen LogP contribution in [0.4, 0.5) is 0 Å². The van der Waals surface area contributed by atoms with Crippen molar-refractivity contribution < 1.29 is 9.59 Å². The van der Waals surface area contributed by atoms with Crippen LogP contribution in [0.25, 0.3) is 0 Å². The zero-order valence-corrected chi connectivity index (χ0v) is 10.7. The Kier molecular flexibility index (Phi) is 3.33. The molecule has 0 N–H and O–H groups in total. The van der Waals surface area contributed by atoms with Gasteiger partial charge >= 0.3 is 0 Å². The van der Waals surface area contributed by atoms with Crippen LogP contribution in [0.1, 0.15) is 19.3 Å². The molecular formula is C11H15BrN2O2. The SMILES string of the molecule is C=C(Br)CN1CCC(=O)N2CCCC2C1=O. The zero-order valence-electron chi connectivity index (χ0n) is 9.12. The Bertz CT molecular complexity index is 343. The minimum atomic E-state index is -0.221. The van der Waals surface area contributed by atoms with Crippen LogP contribution in [0.15, 0.2) is 11.1 Å². The number of hydrogen-bond acceptors (Lipinski definition) is 2. The molecule has 2 amide bonds. The lowest BCUT2D eigenvalue weighted by Gasteiger charge is -2.24. The molecule has 2 saturated heterocycles. The van der Waals surface area contributed by atoms with Gasteiger partial charge in [-0.15, -0.1) is 0 Å². The van der Waals surface area contributed by atoms with Gasteiger partial charge in [0.25, 0.3) is 0 Å². The molecule has 5 heteroatoms. The van der Waals surface area contributed by atoms with Crippen LogP contribution in [0, 0.1) is 0 Å². The summed E-state index contributed by atoms with van der Waals surface area (Å²) in [6.07, 6.45) is 2.17. The summed E-state index contributed by atoms with van der Waals surface area (Å²) >= 11 is 3.26. The molecule has 0 aromatic rings. The lowest BCUT2D eigenvalue weighted by molar-refractivity contribution is -0.139. The van der Waals surface area contributed by atoms with E-state index in [0.29, 0.717) is 19.5 Å². The molecule has 2 heterocycles. The van der Waals surface area contributed by atoms with Crippen molar-refractivity contribution in [1.29, 1.82) is 0 Å². The van der Waals surface area contributed by atoms with Crippen molar-refractivity contribution in [3.05, 3.63) is 11.1 Å². The highest BCUT2D eigenvalue weighted by atomic mass is 79.9. The van der Waals surface area contributed by atoms with Crippen molar-refractivity contribution in [3.63, 3.8) is 0 Å². The monoisotopic (exact) mass is 286 g/mol. The molecule has 2 fully saturated rings. The first kappa shape index (κ1) is 11.6. The van der Waals surface area contributed by atoms with Crippen LogP contribution in [-0.4, -0.2) is 47.3 Å². The van der Waals surface area contributed by atoms with Gasteiger partial charge in [0, 0.05) is 24.0 Å². The first-order chi connectivity index (χ1) is 7.59. The Balaban J connectivity index is 2.16. The van der Waals surface area contributed by atoms with E-state index in [4.69, 9.17) is 0 Å². The van der Waals surface area contributed by atoms with E-state index in [-0.39, 0.29) is 17.9 Å². The number of halogens is 1. The van der Waals surface area contributed by atoms with Gasteiger partial charge in [0.1, 0.15) is 6.04 Å². The van der Waals surface area contributed by atoms with E-state index in [1.54, 1.807) is 9.80 Å². The fourth-order valence-electron chi connectivity index (χ4n) is 2.38. The summed E-state index contributed by atoms with van der Waals surface area (Å²) < 4.78 is 0.778. The lowest BCUT2D eigenvalue weighted by atomic mass is 10.2. The fourth-order valence-corrected chi connectivity index (χ4v) is 2.68. The highest BCUT2D eigenvalue weighted by Gasteiger charge is 2.38. The molecule has 2 aliphatic heterocycles. The molecule has 1 unspecified atom stereocenters. The van der Waals surface area contributed by atoms with Gasteiger partial charge in [0.2, 0.25) is 11.8 Å². The van der Waals surface area contributed by atoms with Gasteiger partial charge in [-0.1, -0.05) is 22.5 Å². The number of nitrogens with zero attached hydrogens (tertiary/aromatic N) is 2. The lowest BCUT2D eigenvalue weighted by Crippen LogP contribution is -2.43. The Morgan fingerprint density at radius 1 is 1.44 bits per heavy atom. The minimum Gasteiger partial charge on any atom is -0.336 e. The maximum atomic E-state index is 12.2. The average molecular weight is 287 g/mol. The summed E-state index contributed by atoms with van der Waals surface area (Å²) in [7, 11) is 0. The number of fused-ring (bicyclic) bond motifs is 1. The van der Waals surface area contributed by atoms with Crippen LogP contribution < -0.4 is 0 Å². The maximum Gasteiger partial charge on any atom is 0.245 e. The molecule has 0 radical (unpaired) electrons. The van der Waals surface area contributed by atoms with Crippen molar-refractivity contribution in [3.8, 4) is 0 Å². The topological polar surface area (TPSA) is 40.6 Å². The third kappa shape index (κ3) is 2.14. The van der Waals surface area contributed by atoms with Crippen molar-refractivity contribution in [2.75, 3.05) is 19.6 Å². The van der Waals surface area contributed by atoms with Crippen molar-refractivity contribution in [1.82, 2.24) is 9.80 Å². The Labute approximate surface area is 103 Å². The molecule has 0 aromatic carbocycles. The highest BCUT2D eigenvalue weighted by Crippen LogP contribution is 2.24. The number of rotatable bonds is 2. The van der Waals surface area contributed by atoms with Crippen LogP contribution in [0.3, 0.4) is 0 Å². The highest BCUT2D eigenvalue weighted by molar-refractivity contribution is 9.11. The predicted octanol–water partition coefficient (Wildman–Crippen LogP) is 1.12. The Hall–Kier alpha value is -0.840. The van der Waals surface area contributed by atoms with Crippen LogP contribution in [0.2, 0.25) is 0 Å². The minimum absolute atomic E-state index is 0.0731. The van der Waals surface area contributed by atoms with Crippen LogP contribution in [0.5, 0.6) is 0 Å². The second-order valence-electron chi connectivity index (χ2n) is 4.27. The summed E-state index contributed by atoms with van der Waals surface area (Å²) in [5, 5.41) is 0. The molecule has 2 aliphatic rings. The van der Waals surface area contributed by atoms with E-state index in [9.17, 15) is 9.59 Å². The molecule has 1 atom stereocenters. The molecular weight excluding hydrogens is 272 g/mol. The first-order valence-electron chi connectivity index (χ1n) is 5.51. The van der Waals surface area contributed by atoms with Crippen LogP contribution >= 0.6 is 15.9 Å². The van der Waals surface area contributed by atoms with E-state index >= 15 is 0 Å². The van der Waals surface area contributed by atoms with Gasteiger partial charge < -0.3 is 9.80 Å². The molecule has 88 valence electrons. The molecule has 2 rings (SSSR count). The van der Waals surface area contributed by atoms with E-state index in [2.05, 4.69) is 22.5 Å². The van der Waals surface area contributed by atoms with E-state index in [1.807, 2.05) is 0 Å². The van der Waals surface area contributed by atoms with E-state index in [1.165, 1.54) is 0 Å². The summed E-state index contributed by atoms with van der Waals surface area (Å²) in [6.45, 7) is 5.48. The van der Waals surface area contributed by atoms with E-state index in [0.717, 1.165) is 23.9 Å². The predicted molar refractivity (Wildman–Crippen MR) is 64.0 cm³/mol. The van der Waals surface area contributed by atoms with Gasteiger partial charge in [-0.3, -0.25) is 9.59 Å². The summed E-state index contributed by atoms with van der Waals surface area (Å²) in [5.41, 5.74) is 0. The van der Waals surface area contributed by atoms with Crippen molar-refractivity contribution >= 4 is 27.7 Å². The van der Waals surface area contributed by atoms with Crippen molar-refractivity contribution in [2.24, 2.45) is 0 Å². The number of carbonyl (C=O) groups excluding carboxylic acids is 2. The summed E-state index contributed by atoms with van der Waals surface area (Å²) in [6, 6.07) is -0.221. The number of hydrogen-bond donors (Lipinski definition) is 0. The van der Waals surface area contributed by atoms with Crippen LogP contribution in [-0.2, 0) is 9.59 Å². The fraction of sp³-hybridized carbons (Fsp3) is 0.636. The summed E-state index contributed by atoms with van der Waals surface area (Å²) in [5.74, 6) is 0.183. The van der Waals surface area contributed by atoms with Gasteiger partial charge in [-0.2, -0.15) is 0 Å². The molecule has 4 nitrogen and oxygen atoms in total. The average Bonchev–Trinajstić information content (AvgIpc) is 2.67. The van der Waals surface area contributed by atoms with Gasteiger partial charge in [-0.25, -0.2) is 0 Å². The third-order valence-corrected chi connectivity index (χ3v) is 3.38. The molecule has 0 aliphatic carbocycles. The molecule has 16 heavy (non-hydrogen) atoms. The quantitative estimate of drug-likeness (QED) is 0.763. The summed E-state index contributed by atoms with van der Waals surface area (Å²) in [4.78, 5) is 27.4. The standard InChI is InChI=1S/C11H15BrN2O2/c1-8(12)7-13-6-4-10(15)14-5-2-3-9(14)11(13)16/h9H,1-7H2. The number of carbonyl (C=O) groups is 2. The van der Waals surface area contributed by atoms with Gasteiger partial charge in [0.05, 0.1) is 6.54 Å². The largest absolute Gasteiger partial charge is 0.336 e. The smallest absolute Gasteiger partial charge is 0.245 e. The Morgan fingerprint density at radius 3 is 2.88 bits per heavy atom. The third-order valence-electron chi connectivity index (χ3n) is 3.13. The molecule has 0 saturated carbocycles. The molecule has 0 spiro atoms. The molecule has 0 aromatic heterocycles. The second kappa shape index (κ2) is 4.57. The van der Waals surface area contributed by atoms with Gasteiger partial charge in [0.15, 0.2) is 0 Å². The second-order valence-corrected chi connectivity index (χ2v) is 5.39. The van der Waals surface area contributed by atoms with E-state index < -0.39 is 0 Å².